The molecule has 1 aliphatic rings. The Bertz CT molecular complexity index is 184. The number of hydrogen-bond acceptors (Lipinski definition) is 3. The van der Waals surface area contributed by atoms with E-state index in [1.807, 2.05) is 0 Å². The van der Waals surface area contributed by atoms with Gasteiger partial charge in [-0.25, -0.2) is 0 Å². The van der Waals surface area contributed by atoms with Crippen LogP contribution in [0.5, 0.6) is 0 Å². The summed E-state index contributed by atoms with van der Waals surface area (Å²) in [7, 11) is 0. The lowest BCUT2D eigenvalue weighted by Crippen LogP contribution is -2.47. The fraction of sp³-hybridized carbons (Fsp3) is 1.00. The summed E-state index contributed by atoms with van der Waals surface area (Å²) in [6.45, 7) is 6.01. The standard InChI is InChI=1S/C12H25NO2/c1-10(2)8-15-7-5-11-4-3-6-12(11,13)9-14/h10-11,14H,3-9,13H2,1-2H3. The molecule has 0 heterocycles. The summed E-state index contributed by atoms with van der Waals surface area (Å²) < 4.78 is 5.56. The van der Waals surface area contributed by atoms with E-state index in [2.05, 4.69) is 13.8 Å². The zero-order valence-corrected chi connectivity index (χ0v) is 10.0. The molecule has 90 valence electrons. The highest BCUT2D eigenvalue weighted by molar-refractivity contribution is 4.95. The molecule has 3 nitrogen and oxygen atoms in total. The fourth-order valence-electron chi connectivity index (χ4n) is 2.35. The van der Waals surface area contributed by atoms with Crippen LogP contribution in [0.25, 0.3) is 0 Å². The topological polar surface area (TPSA) is 55.5 Å². The molecule has 0 aliphatic heterocycles. The van der Waals surface area contributed by atoms with Crippen LogP contribution in [0.15, 0.2) is 0 Å². The molecule has 0 aromatic carbocycles. The molecular weight excluding hydrogens is 190 g/mol. The van der Waals surface area contributed by atoms with Crippen LogP contribution in [-0.4, -0.2) is 30.5 Å². The van der Waals surface area contributed by atoms with Gasteiger partial charge in [0.1, 0.15) is 0 Å². The third kappa shape index (κ3) is 3.74. The third-order valence-corrected chi connectivity index (χ3v) is 3.36. The molecule has 1 fully saturated rings. The Balaban J connectivity index is 2.20. The molecule has 3 N–H and O–H groups in total. The Morgan fingerprint density at radius 2 is 2.27 bits per heavy atom. The van der Waals surface area contributed by atoms with Gasteiger partial charge in [0.2, 0.25) is 0 Å². The Labute approximate surface area is 93.0 Å². The summed E-state index contributed by atoms with van der Waals surface area (Å²) in [5, 5.41) is 9.27. The first-order valence-corrected chi connectivity index (χ1v) is 6.06. The van der Waals surface area contributed by atoms with Gasteiger partial charge in [0, 0.05) is 18.8 Å². The van der Waals surface area contributed by atoms with Crippen molar-refractivity contribution in [2.24, 2.45) is 17.6 Å². The van der Waals surface area contributed by atoms with E-state index >= 15 is 0 Å². The minimum Gasteiger partial charge on any atom is -0.394 e. The van der Waals surface area contributed by atoms with Gasteiger partial charge < -0.3 is 15.6 Å². The van der Waals surface area contributed by atoms with Gasteiger partial charge in [0.05, 0.1) is 6.61 Å². The van der Waals surface area contributed by atoms with Crippen LogP contribution in [0.1, 0.15) is 39.5 Å². The Hall–Kier alpha value is -0.120. The molecule has 3 heteroatoms. The molecule has 1 rings (SSSR count). The summed E-state index contributed by atoms with van der Waals surface area (Å²) in [6, 6.07) is 0. The van der Waals surface area contributed by atoms with E-state index in [4.69, 9.17) is 10.5 Å². The second-order valence-corrected chi connectivity index (χ2v) is 5.24. The average Bonchev–Trinajstić information content (AvgIpc) is 2.56. The normalized spacial score (nSPS) is 31.4. The quantitative estimate of drug-likeness (QED) is 0.661. The van der Waals surface area contributed by atoms with E-state index < -0.39 is 0 Å². The van der Waals surface area contributed by atoms with Gasteiger partial charge in [-0.1, -0.05) is 20.3 Å². The highest BCUT2D eigenvalue weighted by atomic mass is 16.5. The number of aliphatic hydroxyl groups is 1. The summed E-state index contributed by atoms with van der Waals surface area (Å²) in [5.74, 6) is 1.03. The van der Waals surface area contributed by atoms with E-state index in [-0.39, 0.29) is 12.1 Å². The van der Waals surface area contributed by atoms with Crippen LogP contribution in [0.3, 0.4) is 0 Å². The van der Waals surface area contributed by atoms with Crippen LogP contribution in [-0.2, 0) is 4.74 Å². The summed E-state index contributed by atoms with van der Waals surface area (Å²) >= 11 is 0. The first kappa shape index (κ1) is 12.9. The molecule has 0 radical (unpaired) electrons. The van der Waals surface area contributed by atoms with Gasteiger partial charge in [-0.05, 0) is 31.1 Å². The SMILES string of the molecule is CC(C)COCCC1CCCC1(N)CO. The van der Waals surface area contributed by atoms with E-state index in [0.29, 0.717) is 11.8 Å². The Morgan fingerprint density at radius 1 is 1.53 bits per heavy atom. The highest BCUT2D eigenvalue weighted by Gasteiger charge is 2.38. The van der Waals surface area contributed by atoms with Crippen molar-refractivity contribution in [1.29, 1.82) is 0 Å². The number of hydrogen-bond donors (Lipinski definition) is 2. The fourth-order valence-corrected chi connectivity index (χ4v) is 2.35. The molecule has 0 aromatic rings. The van der Waals surface area contributed by atoms with Crippen molar-refractivity contribution < 1.29 is 9.84 Å². The van der Waals surface area contributed by atoms with Gasteiger partial charge in [-0.15, -0.1) is 0 Å². The van der Waals surface area contributed by atoms with Gasteiger partial charge in [-0.3, -0.25) is 0 Å². The van der Waals surface area contributed by atoms with Crippen molar-refractivity contribution in [2.45, 2.75) is 45.1 Å². The predicted molar refractivity (Wildman–Crippen MR) is 61.6 cm³/mol. The van der Waals surface area contributed by atoms with Crippen LogP contribution in [0.4, 0.5) is 0 Å². The van der Waals surface area contributed by atoms with E-state index in [9.17, 15) is 5.11 Å². The average molecular weight is 215 g/mol. The van der Waals surface area contributed by atoms with Gasteiger partial charge >= 0.3 is 0 Å². The monoisotopic (exact) mass is 215 g/mol. The lowest BCUT2D eigenvalue weighted by molar-refractivity contribution is 0.0798. The van der Waals surface area contributed by atoms with Crippen molar-refractivity contribution in [3.63, 3.8) is 0 Å². The maximum atomic E-state index is 9.27. The highest BCUT2D eigenvalue weighted by Crippen LogP contribution is 2.35. The van der Waals surface area contributed by atoms with Gasteiger partial charge in [0.15, 0.2) is 0 Å². The van der Waals surface area contributed by atoms with Crippen molar-refractivity contribution in [2.75, 3.05) is 19.8 Å². The maximum Gasteiger partial charge on any atom is 0.0613 e. The summed E-state index contributed by atoms with van der Waals surface area (Å²) in [6.07, 6.45) is 4.23. The number of nitrogens with two attached hydrogens (primary N) is 1. The second-order valence-electron chi connectivity index (χ2n) is 5.24. The predicted octanol–water partition coefficient (Wildman–Crippen LogP) is 1.54. The first-order chi connectivity index (χ1) is 7.08. The molecule has 0 bridgehead atoms. The number of aliphatic hydroxyl groups excluding tert-OH is 1. The third-order valence-electron chi connectivity index (χ3n) is 3.36. The molecule has 0 aromatic heterocycles. The van der Waals surface area contributed by atoms with Gasteiger partial charge in [0.25, 0.3) is 0 Å². The molecule has 1 saturated carbocycles. The van der Waals surface area contributed by atoms with Crippen LogP contribution < -0.4 is 5.73 Å². The molecule has 1 aliphatic carbocycles. The molecule has 0 saturated heterocycles. The van der Waals surface area contributed by atoms with E-state index in [1.165, 1.54) is 0 Å². The molecule has 0 amide bonds. The second kappa shape index (κ2) is 5.83. The molecule has 2 unspecified atom stereocenters. The molecule has 2 atom stereocenters. The zero-order chi connectivity index (χ0) is 11.3. The van der Waals surface area contributed by atoms with Crippen molar-refractivity contribution >= 4 is 0 Å². The van der Waals surface area contributed by atoms with Crippen LogP contribution in [0, 0.1) is 11.8 Å². The lowest BCUT2D eigenvalue weighted by Gasteiger charge is -2.29. The summed E-state index contributed by atoms with van der Waals surface area (Å²) in [5.41, 5.74) is 5.81. The number of rotatable bonds is 6. The minimum atomic E-state index is -0.332. The molecular formula is C12H25NO2. The Kier molecular flexibility index (Phi) is 5.03. The largest absolute Gasteiger partial charge is 0.394 e. The van der Waals surface area contributed by atoms with Crippen LogP contribution in [0.2, 0.25) is 0 Å². The molecule has 15 heavy (non-hydrogen) atoms. The molecule has 0 spiro atoms. The smallest absolute Gasteiger partial charge is 0.0613 e. The summed E-state index contributed by atoms with van der Waals surface area (Å²) in [4.78, 5) is 0. The van der Waals surface area contributed by atoms with Crippen molar-refractivity contribution in [3.8, 4) is 0 Å². The van der Waals surface area contributed by atoms with E-state index in [0.717, 1.165) is 38.9 Å². The van der Waals surface area contributed by atoms with Crippen LogP contribution >= 0.6 is 0 Å². The Morgan fingerprint density at radius 3 is 2.87 bits per heavy atom. The zero-order valence-electron chi connectivity index (χ0n) is 10.0. The maximum absolute atomic E-state index is 9.27. The minimum absolute atomic E-state index is 0.113. The van der Waals surface area contributed by atoms with E-state index in [1.54, 1.807) is 0 Å². The number of ether oxygens (including phenoxy) is 1. The van der Waals surface area contributed by atoms with Gasteiger partial charge in [-0.2, -0.15) is 0 Å². The van der Waals surface area contributed by atoms with Crippen molar-refractivity contribution in [1.82, 2.24) is 0 Å². The lowest BCUT2D eigenvalue weighted by atomic mass is 9.87. The van der Waals surface area contributed by atoms with Crippen molar-refractivity contribution in [3.05, 3.63) is 0 Å². The first-order valence-electron chi connectivity index (χ1n) is 6.06.